The van der Waals surface area contributed by atoms with Gasteiger partial charge >= 0.3 is 5.97 Å². The summed E-state index contributed by atoms with van der Waals surface area (Å²) in [6, 6.07) is 7.10. The molecular weight excluding hydrogens is 306 g/mol. The number of hydrogen-bond donors (Lipinski definition) is 2. The average molecular weight is 318 g/mol. The van der Waals surface area contributed by atoms with Crippen molar-refractivity contribution in [3.63, 3.8) is 0 Å². The number of benzene rings is 1. The molecule has 0 spiro atoms. The van der Waals surface area contributed by atoms with Crippen LogP contribution in [0.1, 0.15) is 10.4 Å². The van der Waals surface area contributed by atoms with Gasteiger partial charge in [-0.15, -0.1) is 11.8 Å². The molecule has 1 rings (SSSR count). The maximum absolute atomic E-state index is 11.6. The van der Waals surface area contributed by atoms with Crippen LogP contribution >= 0.6 is 27.7 Å². The number of carbonyl (C=O) groups is 2. The zero-order chi connectivity index (χ0) is 12.7. The molecular formula is C11H12BrNO3S. The molecule has 17 heavy (non-hydrogen) atoms. The summed E-state index contributed by atoms with van der Waals surface area (Å²) in [5.74, 6) is -0.339. The lowest BCUT2D eigenvalue weighted by Gasteiger charge is -2.04. The fourth-order valence-corrected chi connectivity index (χ4v) is 2.09. The summed E-state index contributed by atoms with van der Waals surface area (Å²) in [4.78, 5) is 21.9. The summed E-state index contributed by atoms with van der Waals surface area (Å²) < 4.78 is 0.852. The van der Waals surface area contributed by atoms with Crippen molar-refractivity contribution in [2.75, 3.05) is 18.1 Å². The van der Waals surface area contributed by atoms with Gasteiger partial charge in [0, 0.05) is 22.3 Å². The number of carboxylic acid groups (broad SMARTS) is 1. The van der Waals surface area contributed by atoms with Crippen LogP contribution < -0.4 is 5.32 Å². The first-order valence-corrected chi connectivity index (χ1v) is 6.87. The minimum absolute atomic E-state index is 0.0623. The van der Waals surface area contributed by atoms with Crippen LogP contribution in [0.4, 0.5) is 0 Å². The van der Waals surface area contributed by atoms with E-state index in [2.05, 4.69) is 21.2 Å². The van der Waals surface area contributed by atoms with Gasteiger partial charge in [-0.3, -0.25) is 9.59 Å². The van der Waals surface area contributed by atoms with Crippen molar-refractivity contribution in [3.05, 3.63) is 34.3 Å². The van der Waals surface area contributed by atoms with E-state index in [-0.39, 0.29) is 11.7 Å². The van der Waals surface area contributed by atoms with E-state index in [1.54, 1.807) is 18.2 Å². The van der Waals surface area contributed by atoms with Crippen LogP contribution in [-0.4, -0.2) is 35.0 Å². The highest BCUT2D eigenvalue weighted by Gasteiger charge is 2.04. The number of aliphatic carboxylic acids is 1. The first kappa shape index (κ1) is 14.1. The van der Waals surface area contributed by atoms with Gasteiger partial charge in [0.2, 0.25) is 0 Å². The fraction of sp³-hybridized carbons (Fsp3) is 0.273. The van der Waals surface area contributed by atoms with Gasteiger partial charge in [0.1, 0.15) is 0 Å². The van der Waals surface area contributed by atoms with Crippen molar-refractivity contribution in [3.8, 4) is 0 Å². The first-order valence-electron chi connectivity index (χ1n) is 4.93. The van der Waals surface area contributed by atoms with Crippen LogP contribution in [0.15, 0.2) is 28.7 Å². The molecule has 0 fully saturated rings. The SMILES string of the molecule is O=C(O)CSCCNC(=O)c1cccc(Br)c1. The Morgan fingerprint density at radius 2 is 2.18 bits per heavy atom. The third-order valence-corrected chi connectivity index (χ3v) is 3.28. The summed E-state index contributed by atoms with van der Waals surface area (Å²) in [7, 11) is 0. The normalized spacial score (nSPS) is 9.94. The predicted molar refractivity (Wildman–Crippen MR) is 71.4 cm³/mol. The summed E-state index contributed by atoms with van der Waals surface area (Å²) in [5, 5.41) is 11.1. The number of rotatable bonds is 6. The molecule has 4 nitrogen and oxygen atoms in total. The Bertz CT molecular complexity index is 411. The molecule has 1 aromatic rings. The molecule has 2 N–H and O–H groups in total. The minimum atomic E-state index is -0.840. The fourth-order valence-electron chi connectivity index (χ4n) is 1.13. The number of nitrogens with one attached hydrogen (secondary N) is 1. The van der Waals surface area contributed by atoms with E-state index in [9.17, 15) is 9.59 Å². The summed E-state index contributed by atoms with van der Waals surface area (Å²) in [6.45, 7) is 0.462. The molecule has 0 aromatic heterocycles. The Morgan fingerprint density at radius 3 is 2.82 bits per heavy atom. The molecule has 0 saturated heterocycles. The highest BCUT2D eigenvalue weighted by atomic mass is 79.9. The average Bonchev–Trinajstić information content (AvgIpc) is 2.28. The van der Waals surface area contributed by atoms with E-state index in [0.717, 1.165) is 4.47 Å². The van der Waals surface area contributed by atoms with Gasteiger partial charge < -0.3 is 10.4 Å². The Kier molecular flexibility index (Phi) is 6.07. The van der Waals surface area contributed by atoms with Crippen LogP contribution in [0.25, 0.3) is 0 Å². The number of amides is 1. The zero-order valence-electron chi connectivity index (χ0n) is 8.98. The molecule has 0 bridgehead atoms. The molecule has 0 heterocycles. The quantitative estimate of drug-likeness (QED) is 0.787. The maximum atomic E-state index is 11.6. The van der Waals surface area contributed by atoms with Gasteiger partial charge in [-0.05, 0) is 18.2 Å². The monoisotopic (exact) mass is 317 g/mol. The third-order valence-electron chi connectivity index (χ3n) is 1.84. The Labute approximate surface area is 112 Å². The Hall–Kier alpha value is -1.01. The number of halogens is 1. The lowest BCUT2D eigenvalue weighted by molar-refractivity contribution is -0.133. The second-order valence-corrected chi connectivity index (χ2v) is 5.23. The molecule has 0 atom stereocenters. The minimum Gasteiger partial charge on any atom is -0.481 e. The van der Waals surface area contributed by atoms with Crippen molar-refractivity contribution >= 4 is 39.6 Å². The molecule has 1 amide bonds. The Morgan fingerprint density at radius 1 is 1.41 bits per heavy atom. The van der Waals surface area contributed by atoms with Crippen molar-refractivity contribution < 1.29 is 14.7 Å². The van der Waals surface area contributed by atoms with Crippen LogP contribution in [-0.2, 0) is 4.79 Å². The highest BCUT2D eigenvalue weighted by Crippen LogP contribution is 2.11. The van der Waals surface area contributed by atoms with Crippen molar-refractivity contribution in [2.45, 2.75) is 0 Å². The van der Waals surface area contributed by atoms with Gasteiger partial charge in [0.25, 0.3) is 5.91 Å². The van der Waals surface area contributed by atoms with Crippen LogP contribution in [0.5, 0.6) is 0 Å². The lowest BCUT2D eigenvalue weighted by Crippen LogP contribution is -2.25. The highest BCUT2D eigenvalue weighted by molar-refractivity contribution is 9.10. The molecule has 0 radical (unpaired) electrons. The number of hydrogen-bond acceptors (Lipinski definition) is 3. The second-order valence-electron chi connectivity index (χ2n) is 3.21. The molecule has 6 heteroatoms. The number of carboxylic acids is 1. The predicted octanol–water partition coefficient (Wildman–Crippen LogP) is 2.00. The molecule has 0 aliphatic heterocycles. The first-order chi connectivity index (χ1) is 8.09. The van der Waals surface area contributed by atoms with Crippen LogP contribution in [0.2, 0.25) is 0 Å². The molecule has 0 unspecified atom stereocenters. The van der Waals surface area contributed by atoms with E-state index < -0.39 is 5.97 Å². The molecule has 1 aromatic carbocycles. The number of carbonyl (C=O) groups excluding carboxylic acids is 1. The molecule has 0 aliphatic rings. The largest absolute Gasteiger partial charge is 0.481 e. The van der Waals surface area contributed by atoms with E-state index in [1.165, 1.54) is 11.8 Å². The van der Waals surface area contributed by atoms with Crippen LogP contribution in [0, 0.1) is 0 Å². The van der Waals surface area contributed by atoms with Crippen molar-refractivity contribution in [1.29, 1.82) is 0 Å². The Balaban J connectivity index is 2.28. The van der Waals surface area contributed by atoms with Crippen LogP contribution in [0.3, 0.4) is 0 Å². The topological polar surface area (TPSA) is 66.4 Å². The lowest BCUT2D eigenvalue weighted by atomic mass is 10.2. The van der Waals surface area contributed by atoms with E-state index in [1.807, 2.05) is 6.07 Å². The van der Waals surface area contributed by atoms with Crippen molar-refractivity contribution in [1.82, 2.24) is 5.32 Å². The van der Waals surface area contributed by atoms with Crippen molar-refractivity contribution in [2.24, 2.45) is 0 Å². The third kappa shape index (κ3) is 5.74. The molecule has 0 saturated carbocycles. The smallest absolute Gasteiger partial charge is 0.313 e. The summed E-state index contributed by atoms with van der Waals surface area (Å²) in [5.41, 5.74) is 0.586. The molecule has 0 aliphatic carbocycles. The van der Waals surface area contributed by atoms with Gasteiger partial charge in [-0.2, -0.15) is 0 Å². The van der Waals surface area contributed by atoms with Gasteiger partial charge in [0.05, 0.1) is 5.75 Å². The summed E-state index contributed by atoms with van der Waals surface area (Å²) >= 11 is 4.57. The van der Waals surface area contributed by atoms with Gasteiger partial charge in [-0.1, -0.05) is 22.0 Å². The zero-order valence-corrected chi connectivity index (χ0v) is 11.4. The van der Waals surface area contributed by atoms with E-state index in [0.29, 0.717) is 17.9 Å². The molecule has 92 valence electrons. The van der Waals surface area contributed by atoms with Gasteiger partial charge in [-0.25, -0.2) is 0 Å². The summed E-state index contributed by atoms with van der Waals surface area (Å²) in [6.07, 6.45) is 0. The standard InChI is InChI=1S/C11H12BrNO3S/c12-9-3-1-2-8(6-9)11(16)13-4-5-17-7-10(14)15/h1-3,6H,4-5,7H2,(H,13,16)(H,14,15). The van der Waals surface area contributed by atoms with E-state index in [4.69, 9.17) is 5.11 Å². The number of thioether (sulfide) groups is 1. The van der Waals surface area contributed by atoms with Gasteiger partial charge in [0.15, 0.2) is 0 Å². The maximum Gasteiger partial charge on any atom is 0.313 e. The second kappa shape index (κ2) is 7.34. The van der Waals surface area contributed by atoms with E-state index >= 15 is 0 Å².